The molecule has 2 aliphatic carbocycles. The molecular weight excluding hydrogens is 368 g/mol. The Balaban J connectivity index is 1.83. The molecule has 1 aromatic rings. The van der Waals surface area contributed by atoms with Crippen LogP contribution in [-0.2, 0) is 16.0 Å². The molecule has 0 aliphatic heterocycles. The van der Waals surface area contributed by atoms with E-state index < -0.39 is 5.60 Å². The molecule has 2 aliphatic rings. The number of aliphatic hydroxyl groups is 1. The monoisotopic (exact) mass is 402 g/mol. The van der Waals surface area contributed by atoms with Gasteiger partial charge in [0.2, 0.25) is 0 Å². The summed E-state index contributed by atoms with van der Waals surface area (Å²) in [4.78, 5) is 12.8. The average Bonchev–Trinajstić information content (AvgIpc) is 2.86. The van der Waals surface area contributed by atoms with Gasteiger partial charge in [-0.05, 0) is 55.2 Å². The van der Waals surface area contributed by atoms with Crippen LogP contribution in [0.25, 0.3) is 0 Å². The average molecular weight is 403 g/mol. The molecule has 0 unspecified atom stereocenters. The number of hydrogen-bond acceptors (Lipinski definition) is 5. The first-order chi connectivity index (χ1) is 13.6. The number of esters is 1. The zero-order valence-corrected chi connectivity index (χ0v) is 18.2. The minimum absolute atomic E-state index is 0.0397. The van der Waals surface area contributed by atoms with Gasteiger partial charge in [0, 0.05) is 12.3 Å². The molecule has 0 radical (unpaired) electrons. The fourth-order valence-corrected chi connectivity index (χ4v) is 5.29. The van der Waals surface area contributed by atoms with Gasteiger partial charge in [0.25, 0.3) is 0 Å². The van der Waals surface area contributed by atoms with Crippen molar-refractivity contribution in [1.82, 2.24) is 0 Å². The minimum Gasteiger partial charge on any atom is -0.504 e. The van der Waals surface area contributed by atoms with E-state index in [1.165, 1.54) is 18.7 Å². The van der Waals surface area contributed by atoms with Gasteiger partial charge in [-0.15, -0.1) is 0 Å². The van der Waals surface area contributed by atoms with E-state index in [-0.39, 0.29) is 41.5 Å². The van der Waals surface area contributed by atoms with E-state index in [0.717, 1.165) is 24.8 Å². The van der Waals surface area contributed by atoms with Gasteiger partial charge in [-0.2, -0.15) is 0 Å². The Kier molecular flexibility index (Phi) is 6.00. The fourth-order valence-electron chi connectivity index (χ4n) is 5.29. The van der Waals surface area contributed by atoms with E-state index >= 15 is 0 Å². The number of carbonyl (C=O) groups is 1. The van der Waals surface area contributed by atoms with Crippen LogP contribution in [0.15, 0.2) is 29.8 Å². The van der Waals surface area contributed by atoms with Crippen molar-refractivity contribution in [2.75, 3.05) is 7.11 Å². The van der Waals surface area contributed by atoms with Gasteiger partial charge in [-0.3, -0.25) is 4.79 Å². The highest BCUT2D eigenvalue weighted by Crippen LogP contribution is 2.58. The van der Waals surface area contributed by atoms with E-state index in [9.17, 15) is 15.0 Å². The van der Waals surface area contributed by atoms with E-state index in [0.29, 0.717) is 12.2 Å². The standard InChI is InChI=1S/C24H34O5/c1-15(2)24(27)11-10-23(4)9-8-16(3)12-20(22(23)24)29-21(26)14-17-6-7-18(25)19(13-17)28-5/h6-8,13,15,20,22,25,27H,9-12,14H2,1-5H3/t20-,22+,23-,24+/m0/s1. The van der Waals surface area contributed by atoms with E-state index in [1.807, 2.05) is 0 Å². The van der Waals surface area contributed by atoms with Gasteiger partial charge in [0.1, 0.15) is 6.10 Å². The largest absolute Gasteiger partial charge is 0.504 e. The van der Waals surface area contributed by atoms with Crippen LogP contribution >= 0.6 is 0 Å². The second-order valence-electron chi connectivity index (χ2n) is 9.45. The maximum atomic E-state index is 12.8. The number of hydrogen-bond donors (Lipinski definition) is 2. The van der Waals surface area contributed by atoms with E-state index in [1.54, 1.807) is 12.1 Å². The number of carbonyl (C=O) groups excluding carboxylic acids is 1. The number of phenols is 1. The van der Waals surface area contributed by atoms with Crippen LogP contribution in [0.3, 0.4) is 0 Å². The number of fused-ring (bicyclic) bond motifs is 1. The fraction of sp³-hybridized carbons (Fsp3) is 0.625. The summed E-state index contributed by atoms with van der Waals surface area (Å²) in [6.07, 6.45) is 5.22. The topological polar surface area (TPSA) is 76.0 Å². The maximum Gasteiger partial charge on any atom is 0.310 e. The SMILES string of the molecule is COc1cc(CC(=O)O[C@H]2CC(C)=CC[C@@]3(C)CC[C@@](O)(C(C)C)[C@H]23)ccc1O. The predicted octanol–water partition coefficient (Wildman–Crippen LogP) is 4.40. The van der Waals surface area contributed by atoms with Crippen molar-refractivity contribution >= 4 is 5.97 Å². The minimum atomic E-state index is -0.833. The molecule has 160 valence electrons. The third-order valence-electron chi connectivity index (χ3n) is 7.07. The summed E-state index contributed by atoms with van der Waals surface area (Å²) >= 11 is 0. The van der Waals surface area contributed by atoms with Crippen LogP contribution in [0.1, 0.15) is 58.9 Å². The summed E-state index contributed by atoms with van der Waals surface area (Å²) in [5.41, 5.74) is 1.01. The zero-order valence-electron chi connectivity index (χ0n) is 18.2. The molecule has 0 spiro atoms. The lowest BCUT2D eigenvalue weighted by Gasteiger charge is -2.43. The first-order valence-corrected chi connectivity index (χ1v) is 10.5. The molecule has 0 bridgehead atoms. The molecule has 1 fully saturated rings. The lowest BCUT2D eigenvalue weighted by molar-refractivity contribution is -0.165. The molecule has 0 aromatic heterocycles. The van der Waals surface area contributed by atoms with Crippen molar-refractivity contribution in [1.29, 1.82) is 0 Å². The van der Waals surface area contributed by atoms with Gasteiger partial charge in [-0.1, -0.05) is 38.5 Å². The Morgan fingerprint density at radius 2 is 2.03 bits per heavy atom. The summed E-state index contributed by atoms with van der Waals surface area (Å²) in [6, 6.07) is 4.87. The molecule has 2 N–H and O–H groups in total. The Morgan fingerprint density at radius 3 is 2.69 bits per heavy atom. The van der Waals surface area contributed by atoms with Gasteiger partial charge >= 0.3 is 5.97 Å². The quantitative estimate of drug-likeness (QED) is 0.564. The first-order valence-electron chi connectivity index (χ1n) is 10.5. The number of ether oxygens (including phenoxy) is 2. The van der Waals surface area contributed by atoms with Crippen LogP contribution in [0, 0.1) is 17.3 Å². The molecule has 3 rings (SSSR count). The van der Waals surface area contributed by atoms with Crippen molar-refractivity contribution < 1.29 is 24.5 Å². The molecule has 5 nitrogen and oxygen atoms in total. The highest BCUT2D eigenvalue weighted by Gasteiger charge is 2.59. The Hall–Kier alpha value is -2.01. The third-order valence-corrected chi connectivity index (χ3v) is 7.07. The molecule has 0 heterocycles. The van der Waals surface area contributed by atoms with Crippen LogP contribution in [0.2, 0.25) is 0 Å². The second kappa shape index (κ2) is 8.02. The number of benzene rings is 1. The molecule has 1 aromatic carbocycles. The maximum absolute atomic E-state index is 12.8. The summed E-state index contributed by atoms with van der Waals surface area (Å²) < 4.78 is 11.2. The van der Waals surface area contributed by atoms with Gasteiger partial charge < -0.3 is 19.7 Å². The number of methoxy groups -OCH3 is 1. The number of phenolic OH excluding ortho intramolecular Hbond substituents is 1. The molecule has 5 heteroatoms. The normalized spacial score (nSPS) is 31.8. The molecular formula is C24H34O5. The second-order valence-corrected chi connectivity index (χ2v) is 9.45. The summed E-state index contributed by atoms with van der Waals surface area (Å²) in [5, 5.41) is 21.3. The van der Waals surface area contributed by atoms with Crippen molar-refractivity contribution in [3.05, 3.63) is 35.4 Å². The van der Waals surface area contributed by atoms with Crippen molar-refractivity contribution in [2.24, 2.45) is 17.3 Å². The van der Waals surface area contributed by atoms with Gasteiger partial charge in [-0.25, -0.2) is 0 Å². The summed E-state index contributed by atoms with van der Waals surface area (Å²) in [7, 11) is 1.48. The molecule has 0 amide bonds. The van der Waals surface area contributed by atoms with E-state index in [4.69, 9.17) is 9.47 Å². The van der Waals surface area contributed by atoms with Crippen LogP contribution < -0.4 is 4.74 Å². The highest BCUT2D eigenvalue weighted by molar-refractivity contribution is 5.73. The Labute approximate surface area is 173 Å². The van der Waals surface area contributed by atoms with Crippen LogP contribution in [-0.4, -0.2) is 35.0 Å². The summed E-state index contributed by atoms with van der Waals surface area (Å²) in [5.74, 6) is 0.0501. The zero-order chi connectivity index (χ0) is 21.4. The van der Waals surface area contributed by atoms with Crippen LogP contribution in [0.4, 0.5) is 0 Å². The predicted molar refractivity (Wildman–Crippen MR) is 112 cm³/mol. The molecule has 1 saturated carbocycles. The van der Waals surface area contributed by atoms with Gasteiger partial charge in [0.05, 0.1) is 19.1 Å². The third kappa shape index (κ3) is 4.16. The highest BCUT2D eigenvalue weighted by atomic mass is 16.5. The number of aromatic hydroxyl groups is 1. The first kappa shape index (κ1) is 21.7. The van der Waals surface area contributed by atoms with Crippen molar-refractivity contribution in [3.63, 3.8) is 0 Å². The van der Waals surface area contributed by atoms with Crippen molar-refractivity contribution in [2.45, 2.75) is 71.5 Å². The molecule has 4 atom stereocenters. The summed E-state index contributed by atoms with van der Waals surface area (Å²) in [6.45, 7) is 8.40. The van der Waals surface area contributed by atoms with Gasteiger partial charge in [0.15, 0.2) is 11.5 Å². The Morgan fingerprint density at radius 1 is 1.31 bits per heavy atom. The smallest absolute Gasteiger partial charge is 0.310 e. The molecule has 29 heavy (non-hydrogen) atoms. The Bertz CT molecular complexity index is 798. The number of rotatable bonds is 5. The van der Waals surface area contributed by atoms with E-state index in [2.05, 4.69) is 33.8 Å². The lowest BCUT2D eigenvalue weighted by atomic mass is 9.67. The number of allylic oxidation sites excluding steroid dienone is 1. The lowest BCUT2D eigenvalue weighted by Crippen LogP contribution is -2.50. The van der Waals surface area contributed by atoms with Crippen molar-refractivity contribution in [3.8, 4) is 11.5 Å². The van der Waals surface area contributed by atoms with Crippen LogP contribution in [0.5, 0.6) is 11.5 Å². The molecule has 0 saturated heterocycles.